The summed E-state index contributed by atoms with van der Waals surface area (Å²) in [7, 11) is -3.79. The van der Waals surface area contributed by atoms with Gasteiger partial charge in [-0.1, -0.05) is 30.3 Å². The molecule has 0 aromatic heterocycles. The Balaban J connectivity index is 2.58. The van der Waals surface area contributed by atoms with Crippen LogP contribution in [0.3, 0.4) is 0 Å². The molecule has 5 heteroatoms. The molecule has 0 fully saturated rings. The number of hydrogen-bond acceptors (Lipinski definition) is 3. The van der Waals surface area contributed by atoms with Crippen molar-refractivity contribution in [2.24, 2.45) is 0 Å². The zero-order valence-electron chi connectivity index (χ0n) is 14.2. The van der Waals surface area contributed by atoms with E-state index in [1.807, 2.05) is 56.0 Å². The molecular formula is C17H24O3Si2. The van der Waals surface area contributed by atoms with Crippen molar-refractivity contribution in [3.05, 3.63) is 42.0 Å². The molecule has 0 atom stereocenters. The first-order valence-electron chi connectivity index (χ1n) is 7.51. The standard InChI is InChI=1S/C17H24O3Si2/c1-21(2,3)19-16-14-10-8-7-9-13(14)11-12-15(16)17(18)20-22(4,5)6/h7-12H,1-6H3. The first-order chi connectivity index (χ1) is 10.1. The Hall–Kier alpha value is -1.60. The molecule has 2 aromatic rings. The fraction of sp³-hybridized carbons (Fsp3) is 0.353. The summed E-state index contributed by atoms with van der Waals surface area (Å²) in [5.74, 6) is 0.388. The van der Waals surface area contributed by atoms with E-state index in [1.54, 1.807) is 0 Å². The predicted octanol–water partition coefficient (Wildman–Crippen LogP) is 5.05. The molecule has 0 bridgehead atoms. The Kier molecular flexibility index (Phi) is 4.49. The second kappa shape index (κ2) is 5.89. The summed E-state index contributed by atoms with van der Waals surface area (Å²) in [5, 5.41) is 2.04. The van der Waals surface area contributed by atoms with Gasteiger partial charge in [-0.25, -0.2) is 4.79 Å². The first-order valence-corrected chi connectivity index (χ1v) is 14.3. The molecule has 0 aliphatic heterocycles. The van der Waals surface area contributed by atoms with Crippen molar-refractivity contribution < 1.29 is 13.6 Å². The minimum absolute atomic E-state index is 0.279. The maximum atomic E-state index is 12.6. The predicted molar refractivity (Wildman–Crippen MR) is 96.7 cm³/mol. The lowest BCUT2D eigenvalue weighted by Crippen LogP contribution is -2.32. The van der Waals surface area contributed by atoms with E-state index in [1.165, 1.54) is 0 Å². The second-order valence-corrected chi connectivity index (χ2v) is 16.2. The quantitative estimate of drug-likeness (QED) is 0.735. The van der Waals surface area contributed by atoms with Gasteiger partial charge >= 0.3 is 5.97 Å². The molecule has 22 heavy (non-hydrogen) atoms. The summed E-state index contributed by atoms with van der Waals surface area (Å²) in [6, 6.07) is 11.7. The van der Waals surface area contributed by atoms with Gasteiger partial charge in [0, 0.05) is 5.39 Å². The maximum absolute atomic E-state index is 12.6. The Morgan fingerprint density at radius 3 is 2.09 bits per heavy atom. The van der Waals surface area contributed by atoms with Crippen LogP contribution in [0.15, 0.2) is 36.4 Å². The molecule has 0 spiro atoms. The van der Waals surface area contributed by atoms with E-state index in [0.29, 0.717) is 11.3 Å². The van der Waals surface area contributed by atoms with Gasteiger partial charge in [0.05, 0.1) is 5.56 Å². The van der Waals surface area contributed by atoms with E-state index in [9.17, 15) is 4.79 Å². The number of hydrogen-bond donors (Lipinski definition) is 0. The molecule has 2 aromatic carbocycles. The molecule has 0 unspecified atom stereocenters. The molecule has 0 aliphatic rings. The van der Waals surface area contributed by atoms with Gasteiger partial charge in [0.15, 0.2) is 0 Å². The largest absolute Gasteiger partial charge is 0.543 e. The van der Waals surface area contributed by atoms with Crippen LogP contribution < -0.4 is 4.43 Å². The summed E-state index contributed by atoms with van der Waals surface area (Å²) in [5.41, 5.74) is 0.531. The van der Waals surface area contributed by atoms with Crippen LogP contribution in [0.25, 0.3) is 10.8 Å². The lowest BCUT2D eigenvalue weighted by molar-refractivity contribution is 0.0723. The molecule has 0 aliphatic carbocycles. The van der Waals surface area contributed by atoms with Crippen LogP contribution >= 0.6 is 0 Å². The summed E-state index contributed by atoms with van der Waals surface area (Å²) in [6.07, 6.45) is 0. The van der Waals surface area contributed by atoms with Crippen LogP contribution in [-0.4, -0.2) is 22.6 Å². The van der Waals surface area contributed by atoms with Crippen LogP contribution in [-0.2, 0) is 4.43 Å². The van der Waals surface area contributed by atoms with Crippen LogP contribution in [0.1, 0.15) is 10.4 Å². The van der Waals surface area contributed by atoms with E-state index in [4.69, 9.17) is 8.85 Å². The summed E-state index contributed by atoms with van der Waals surface area (Å²) in [4.78, 5) is 12.6. The zero-order chi connectivity index (χ0) is 16.5. The van der Waals surface area contributed by atoms with Crippen molar-refractivity contribution in [1.29, 1.82) is 0 Å². The number of fused-ring (bicyclic) bond motifs is 1. The van der Waals surface area contributed by atoms with Crippen LogP contribution in [0, 0.1) is 0 Å². The van der Waals surface area contributed by atoms with Gasteiger partial charge in [0.25, 0.3) is 0 Å². The average Bonchev–Trinajstić information content (AvgIpc) is 2.35. The van der Waals surface area contributed by atoms with Crippen LogP contribution in [0.4, 0.5) is 0 Å². The minimum atomic E-state index is -1.95. The Morgan fingerprint density at radius 1 is 0.864 bits per heavy atom. The highest BCUT2D eigenvalue weighted by Gasteiger charge is 2.27. The number of rotatable bonds is 4. The maximum Gasteiger partial charge on any atom is 0.328 e. The zero-order valence-corrected chi connectivity index (χ0v) is 16.2. The van der Waals surface area contributed by atoms with Crippen molar-refractivity contribution in [3.63, 3.8) is 0 Å². The molecule has 0 radical (unpaired) electrons. The molecule has 0 N–H and O–H groups in total. The minimum Gasteiger partial charge on any atom is -0.543 e. The second-order valence-electron chi connectivity index (χ2n) is 7.38. The van der Waals surface area contributed by atoms with Gasteiger partial charge < -0.3 is 8.85 Å². The number of benzene rings is 2. The molecule has 2 rings (SSSR count). The Bertz CT molecular complexity index is 697. The fourth-order valence-electron chi connectivity index (χ4n) is 2.15. The molecule has 0 heterocycles. The topological polar surface area (TPSA) is 35.5 Å². The van der Waals surface area contributed by atoms with Crippen molar-refractivity contribution in [3.8, 4) is 5.75 Å². The molecule has 0 saturated carbocycles. The van der Waals surface area contributed by atoms with E-state index < -0.39 is 16.6 Å². The highest BCUT2D eigenvalue weighted by Crippen LogP contribution is 2.33. The summed E-state index contributed by atoms with van der Waals surface area (Å²) >= 11 is 0. The highest BCUT2D eigenvalue weighted by molar-refractivity contribution is 6.71. The summed E-state index contributed by atoms with van der Waals surface area (Å²) in [6.45, 7) is 12.4. The SMILES string of the molecule is C[Si](C)(C)OC(=O)c1ccc2ccccc2c1O[Si](C)(C)C. The summed E-state index contributed by atoms with van der Waals surface area (Å²) < 4.78 is 11.9. The van der Waals surface area contributed by atoms with E-state index >= 15 is 0 Å². The van der Waals surface area contributed by atoms with Gasteiger partial charge in [0.1, 0.15) is 5.75 Å². The molecule has 0 amide bonds. The van der Waals surface area contributed by atoms with Gasteiger partial charge in [-0.15, -0.1) is 0 Å². The molecule has 0 saturated heterocycles. The van der Waals surface area contributed by atoms with Crippen LogP contribution in [0.2, 0.25) is 39.3 Å². The third kappa shape index (κ3) is 4.21. The van der Waals surface area contributed by atoms with Gasteiger partial charge in [-0.05, 0) is 50.7 Å². The fourth-order valence-corrected chi connectivity index (χ4v) is 3.65. The van der Waals surface area contributed by atoms with Crippen molar-refractivity contribution in [2.75, 3.05) is 0 Å². The lowest BCUT2D eigenvalue weighted by Gasteiger charge is -2.24. The average molecular weight is 333 g/mol. The van der Waals surface area contributed by atoms with E-state index in [0.717, 1.165) is 10.8 Å². The van der Waals surface area contributed by atoms with Gasteiger partial charge in [0.2, 0.25) is 16.6 Å². The van der Waals surface area contributed by atoms with E-state index in [2.05, 4.69) is 19.6 Å². The first kappa shape index (κ1) is 16.8. The Labute approximate surface area is 134 Å². The molecule has 3 nitrogen and oxygen atoms in total. The van der Waals surface area contributed by atoms with E-state index in [-0.39, 0.29) is 5.97 Å². The monoisotopic (exact) mass is 332 g/mol. The third-order valence-electron chi connectivity index (χ3n) is 2.91. The smallest absolute Gasteiger partial charge is 0.328 e. The number of carbonyl (C=O) groups excluding carboxylic acids is 1. The normalized spacial score (nSPS) is 12.3. The third-order valence-corrected chi connectivity index (χ3v) is 4.52. The molecule has 118 valence electrons. The molecular weight excluding hydrogens is 308 g/mol. The number of carbonyl (C=O) groups is 1. The van der Waals surface area contributed by atoms with Gasteiger partial charge in [-0.2, -0.15) is 0 Å². The van der Waals surface area contributed by atoms with Crippen molar-refractivity contribution in [1.82, 2.24) is 0 Å². The van der Waals surface area contributed by atoms with Gasteiger partial charge in [-0.3, -0.25) is 0 Å². The van der Waals surface area contributed by atoms with Crippen LogP contribution in [0.5, 0.6) is 5.75 Å². The van der Waals surface area contributed by atoms with Crippen molar-refractivity contribution in [2.45, 2.75) is 39.3 Å². The Morgan fingerprint density at radius 2 is 1.50 bits per heavy atom. The highest BCUT2D eigenvalue weighted by atomic mass is 28.4. The van der Waals surface area contributed by atoms with Crippen molar-refractivity contribution >= 4 is 33.4 Å². The lowest BCUT2D eigenvalue weighted by atomic mass is 10.1.